The number of nitrogens with zero attached hydrogens (tertiary/aromatic N) is 1. The second-order valence-electron chi connectivity index (χ2n) is 3.13. The summed E-state index contributed by atoms with van der Waals surface area (Å²) in [5.74, 6) is -0.330. The van der Waals surface area contributed by atoms with Crippen LogP contribution < -0.4 is 0 Å². The van der Waals surface area contributed by atoms with Gasteiger partial charge in [-0.2, -0.15) is 0 Å². The Morgan fingerprint density at radius 1 is 1.00 bits per heavy atom. The second kappa shape index (κ2) is 2.42. The van der Waals surface area contributed by atoms with Gasteiger partial charge >= 0.3 is 0 Å². The van der Waals surface area contributed by atoms with Gasteiger partial charge < -0.3 is 0 Å². The molecule has 0 bridgehead atoms. The molecule has 0 unspecified atom stereocenters. The third-order valence-electron chi connectivity index (χ3n) is 2.30. The quantitative estimate of drug-likeness (QED) is 0.589. The van der Waals surface area contributed by atoms with Crippen LogP contribution in [0.5, 0.6) is 0 Å². The Kier molecular flexibility index (Phi) is 1.57. The largest absolute Gasteiger partial charge is 0.277 e. The number of imide groups is 1. The Balaban J connectivity index is 2.75. The van der Waals surface area contributed by atoms with Gasteiger partial charge in [0.25, 0.3) is 11.8 Å². The standard InChI is InChI=1S/C9H9NO2S/c1-4-6-7(5(2)13-4)9(12)10(3)8(6)11/h1-3H3. The summed E-state index contributed by atoms with van der Waals surface area (Å²) in [6.07, 6.45) is 0. The highest BCUT2D eigenvalue weighted by Gasteiger charge is 2.37. The highest BCUT2D eigenvalue weighted by atomic mass is 32.1. The molecule has 0 radical (unpaired) electrons. The molecule has 0 N–H and O–H groups in total. The molecule has 13 heavy (non-hydrogen) atoms. The fraction of sp³-hybridized carbons (Fsp3) is 0.333. The van der Waals surface area contributed by atoms with Crippen molar-refractivity contribution in [3.8, 4) is 0 Å². The Bertz CT molecular complexity index is 383. The van der Waals surface area contributed by atoms with Crippen molar-refractivity contribution in [3.05, 3.63) is 20.9 Å². The van der Waals surface area contributed by atoms with Crippen molar-refractivity contribution in [1.82, 2.24) is 4.90 Å². The Morgan fingerprint density at radius 3 is 1.77 bits per heavy atom. The molecule has 0 fully saturated rings. The van der Waals surface area contributed by atoms with E-state index in [9.17, 15) is 9.59 Å². The second-order valence-corrected chi connectivity index (χ2v) is 4.56. The molecular weight excluding hydrogens is 186 g/mol. The predicted molar refractivity (Wildman–Crippen MR) is 50.2 cm³/mol. The summed E-state index contributed by atoms with van der Waals surface area (Å²) in [6.45, 7) is 3.75. The first kappa shape index (κ1) is 8.44. The molecule has 0 saturated carbocycles. The zero-order chi connectivity index (χ0) is 9.75. The van der Waals surface area contributed by atoms with Gasteiger partial charge in [-0.1, -0.05) is 0 Å². The maximum absolute atomic E-state index is 11.6. The Labute approximate surface area is 80.0 Å². The van der Waals surface area contributed by atoms with Crippen molar-refractivity contribution < 1.29 is 9.59 Å². The van der Waals surface area contributed by atoms with Crippen molar-refractivity contribution in [3.63, 3.8) is 0 Å². The molecule has 2 heterocycles. The lowest BCUT2D eigenvalue weighted by atomic mass is 10.1. The SMILES string of the molecule is Cc1sc(C)c2c1C(=O)N(C)C2=O. The first-order valence-corrected chi connectivity index (χ1v) is 4.78. The summed E-state index contributed by atoms with van der Waals surface area (Å²) >= 11 is 1.51. The number of thiophene rings is 1. The number of rotatable bonds is 0. The summed E-state index contributed by atoms with van der Waals surface area (Å²) in [5, 5.41) is 0. The van der Waals surface area contributed by atoms with Crippen molar-refractivity contribution in [2.75, 3.05) is 7.05 Å². The molecule has 0 saturated heterocycles. The smallest absolute Gasteiger partial charge is 0.262 e. The first-order chi connectivity index (χ1) is 6.04. The molecule has 0 aliphatic carbocycles. The molecule has 1 aromatic rings. The third-order valence-corrected chi connectivity index (χ3v) is 3.32. The number of carbonyl (C=O) groups excluding carboxylic acids is 2. The topological polar surface area (TPSA) is 37.4 Å². The molecule has 4 heteroatoms. The van der Waals surface area contributed by atoms with E-state index in [-0.39, 0.29) is 11.8 Å². The van der Waals surface area contributed by atoms with E-state index >= 15 is 0 Å². The van der Waals surface area contributed by atoms with E-state index in [0.29, 0.717) is 11.1 Å². The molecular formula is C9H9NO2S. The van der Waals surface area contributed by atoms with Crippen LogP contribution in [0.25, 0.3) is 0 Å². The van der Waals surface area contributed by atoms with Gasteiger partial charge in [-0.25, -0.2) is 0 Å². The van der Waals surface area contributed by atoms with Crippen LogP contribution in [-0.4, -0.2) is 23.8 Å². The molecule has 1 aliphatic heterocycles. The van der Waals surface area contributed by atoms with Gasteiger partial charge in [-0.3, -0.25) is 14.5 Å². The summed E-state index contributed by atoms with van der Waals surface area (Å²) in [7, 11) is 1.52. The lowest BCUT2D eigenvalue weighted by molar-refractivity contribution is 0.0692. The number of hydrogen-bond acceptors (Lipinski definition) is 3. The summed E-state index contributed by atoms with van der Waals surface area (Å²) < 4.78 is 0. The van der Waals surface area contributed by atoms with Gasteiger partial charge in [0, 0.05) is 16.8 Å². The monoisotopic (exact) mass is 195 g/mol. The van der Waals surface area contributed by atoms with E-state index in [1.54, 1.807) is 0 Å². The van der Waals surface area contributed by atoms with Crippen molar-refractivity contribution in [2.45, 2.75) is 13.8 Å². The van der Waals surface area contributed by atoms with Crippen LogP contribution in [-0.2, 0) is 0 Å². The molecule has 0 atom stereocenters. The van der Waals surface area contributed by atoms with E-state index in [0.717, 1.165) is 9.75 Å². The van der Waals surface area contributed by atoms with E-state index in [2.05, 4.69) is 0 Å². The number of aryl methyl sites for hydroxylation is 2. The van der Waals surface area contributed by atoms with Gasteiger partial charge in [0.15, 0.2) is 0 Å². The number of fused-ring (bicyclic) bond motifs is 1. The molecule has 3 nitrogen and oxygen atoms in total. The minimum atomic E-state index is -0.165. The maximum Gasteiger partial charge on any atom is 0.262 e. The lowest BCUT2D eigenvalue weighted by Crippen LogP contribution is -2.24. The minimum absolute atomic E-state index is 0.165. The fourth-order valence-electron chi connectivity index (χ4n) is 1.63. The lowest BCUT2D eigenvalue weighted by Gasteiger charge is -2.04. The first-order valence-electron chi connectivity index (χ1n) is 3.96. The van der Waals surface area contributed by atoms with Crippen LogP contribution in [0.4, 0.5) is 0 Å². The molecule has 2 amide bonds. The van der Waals surface area contributed by atoms with Gasteiger partial charge in [-0.05, 0) is 13.8 Å². The number of carbonyl (C=O) groups is 2. The van der Waals surface area contributed by atoms with E-state index in [4.69, 9.17) is 0 Å². The van der Waals surface area contributed by atoms with Crippen molar-refractivity contribution in [2.24, 2.45) is 0 Å². The van der Waals surface area contributed by atoms with E-state index < -0.39 is 0 Å². The summed E-state index contributed by atoms with van der Waals surface area (Å²) in [5.41, 5.74) is 1.21. The highest BCUT2D eigenvalue weighted by molar-refractivity contribution is 7.12. The number of amides is 2. The average molecular weight is 195 g/mol. The Morgan fingerprint density at radius 2 is 1.38 bits per heavy atom. The van der Waals surface area contributed by atoms with Crippen molar-refractivity contribution >= 4 is 23.2 Å². The minimum Gasteiger partial charge on any atom is -0.277 e. The van der Waals surface area contributed by atoms with Crippen LogP contribution in [0.3, 0.4) is 0 Å². The predicted octanol–water partition coefficient (Wildman–Crippen LogP) is 1.59. The van der Waals surface area contributed by atoms with Crippen LogP contribution in [0.2, 0.25) is 0 Å². The number of hydrogen-bond donors (Lipinski definition) is 0. The van der Waals surface area contributed by atoms with Crippen LogP contribution >= 0.6 is 11.3 Å². The van der Waals surface area contributed by atoms with Crippen LogP contribution in [0.1, 0.15) is 30.5 Å². The van der Waals surface area contributed by atoms with Gasteiger partial charge in [0.2, 0.25) is 0 Å². The molecule has 0 aromatic carbocycles. The van der Waals surface area contributed by atoms with E-state index in [1.165, 1.54) is 23.3 Å². The summed E-state index contributed by atoms with van der Waals surface area (Å²) in [6, 6.07) is 0. The highest BCUT2D eigenvalue weighted by Crippen LogP contribution is 2.33. The van der Waals surface area contributed by atoms with Crippen molar-refractivity contribution in [1.29, 1.82) is 0 Å². The third kappa shape index (κ3) is 0.891. The Hall–Kier alpha value is -1.16. The molecule has 1 aliphatic rings. The zero-order valence-electron chi connectivity index (χ0n) is 7.67. The zero-order valence-corrected chi connectivity index (χ0v) is 8.49. The van der Waals surface area contributed by atoms with Crippen LogP contribution in [0.15, 0.2) is 0 Å². The van der Waals surface area contributed by atoms with E-state index in [1.807, 2.05) is 13.8 Å². The van der Waals surface area contributed by atoms with Gasteiger partial charge in [0.1, 0.15) is 0 Å². The average Bonchev–Trinajstić information content (AvgIpc) is 2.47. The molecule has 1 aromatic heterocycles. The molecule has 0 spiro atoms. The summed E-state index contributed by atoms with van der Waals surface area (Å²) in [4.78, 5) is 26.2. The molecule has 68 valence electrons. The van der Waals surface area contributed by atoms with Gasteiger partial charge in [-0.15, -0.1) is 11.3 Å². The molecule has 2 rings (SSSR count). The fourth-order valence-corrected chi connectivity index (χ4v) is 2.67. The maximum atomic E-state index is 11.6. The van der Waals surface area contributed by atoms with Gasteiger partial charge in [0.05, 0.1) is 11.1 Å². The normalized spacial score (nSPS) is 15.5. The van der Waals surface area contributed by atoms with Crippen LogP contribution in [0, 0.1) is 13.8 Å².